The third-order valence-electron chi connectivity index (χ3n) is 6.30. The number of hydrogen-bond acceptors (Lipinski definition) is 10. The van der Waals surface area contributed by atoms with Crippen LogP contribution in [0, 0.1) is 0 Å². The van der Waals surface area contributed by atoms with Crippen LogP contribution in [0.4, 0.5) is 0 Å². The molecule has 1 rings (SSSR count). The van der Waals surface area contributed by atoms with Gasteiger partial charge in [-0.2, -0.15) is 0 Å². The summed E-state index contributed by atoms with van der Waals surface area (Å²) in [7, 11) is 1.49. The summed E-state index contributed by atoms with van der Waals surface area (Å²) in [4.78, 5) is 13.9. The lowest BCUT2D eigenvalue weighted by molar-refractivity contribution is -0.320. The largest absolute Gasteiger partial charge is 0.394 e. The number of hydrogen-bond donors (Lipinski definition) is 7. The van der Waals surface area contributed by atoms with Gasteiger partial charge in [-0.1, -0.05) is 51.9 Å². The zero-order valence-corrected chi connectivity index (χ0v) is 20.6. The number of rotatable bonds is 16. The van der Waals surface area contributed by atoms with Crippen molar-refractivity contribution < 1.29 is 50.0 Å². The molecule has 1 heterocycles. The molecule has 0 spiro atoms. The van der Waals surface area contributed by atoms with E-state index < -0.39 is 67.6 Å². The number of aliphatic hydroxyl groups is 7. The van der Waals surface area contributed by atoms with Gasteiger partial charge in [-0.15, -0.1) is 0 Å². The quantitative estimate of drug-likeness (QED) is 0.130. The molecule has 0 aliphatic carbocycles. The Labute approximate surface area is 201 Å². The van der Waals surface area contributed by atoms with Gasteiger partial charge in [-0.3, -0.25) is 4.79 Å². The van der Waals surface area contributed by atoms with E-state index in [1.54, 1.807) is 0 Å². The number of likely N-dealkylation sites (N-methyl/N-ethyl adjacent to an activating group) is 1. The van der Waals surface area contributed by atoms with E-state index in [2.05, 4.69) is 6.92 Å². The van der Waals surface area contributed by atoms with Crippen molar-refractivity contribution >= 4 is 5.91 Å². The number of nitrogens with zero attached hydrogens (tertiary/aromatic N) is 1. The first kappa shape index (κ1) is 31.1. The highest BCUT2D eigenvalue weighted by Gasteiger charge is 2.46. The monoisotopic (exact) mass is 495 g/mol. The molecule has 1 aliphatic heterocycles. The van der Waals surface area contributed by atoms with Crippen molar-refractivity contribution in [2.24, 2.45) is 0 Å². The molecule has 1 amide bonds. The molecule has 0 bridgehead atoms. The van der Waals surface area contributed by atoms with Gasteiger partial charge in [0.2, 0.25) is 0 Å². The maximum absolute atomic E-state index is 12.6. The van der Waals surface area contributed by atoms with Gasteiger partial charge >= 0.3 is 0 Å². The Morgan fingerprint density at radius 1 is 0.941 bits per heavy atom. The fraction of sp³-hybridized carbons (Fsp3) is 0.957. The van der Waals surface area contributed by atoms with E-state index in [9.17, 15) is 40.5 Å². The zero-order chi connectivity index (χ0) is 25.8. The minimum atomic E-state index is -1.97. The molecule has 7 N–H and O–H groups in total. The molecule has 0 aromatic carbocycles. The highest BCUT2D eigenvalue weighted by Crippen LogP contribution is 2.25. The first-order valence-electron chi connectivity index (χ1n) is 12.3. The first-order valence-corrected chi connectivity index (χ1v) is 12.3. The van der Waals surface area contributed by atoms with Gasteiger partial charge in [0.25, 0.3) is 5.91 Å². The van der Waals surface area contributed by atoms with Gasteiger partial charge < -0.3 is 50.1 Å². The van der Waals surface area contributed by atoms with Crippen LogP contribution in [0.25, 0.3) is 0 Å². The van der Waals surface area contributed by atoms with Crippen LogP contribution in [0.3, 0.4) is 0 Å². The lowest BCUT2D eigenvalue weighted by atomic mass is 9.98. The lowest BCUT2D eigenvalue weighted by Gasteiger charge is -2.41. The van der Waals surface area contributed by atoms with E-state index in [1.807, 2.05) is 0 Å². The third-order valence-corrected chi connectivity index (χ3v) is 6.30. The number of amides is 1. The van der Waals surface area contributed by atoms with Crippen LogP contribution in [0.1, 0.15) is 65.2 Å². The van der Waals surface area contributed by atoms with Crippen LogP contribution in [0.2, 0.25) is 0 Å². The van der Waals surface area contributed by atoms with Gasteiger partial charge in [0.15, 0.2) is 12.4 Å². The van der Waals surface area contributed by atoms with Gasteiger partial charge in [0, 0.05) is 13.6 Å². The topological polar surface area (TPSA) is 180 Å². The second kappa shape index (κ2) is 16.0. The number of carbonyl (C=O) groups is 1. The average molecular weight is 496 g/mol. The number of aliphatic hydroxyl groups excluding tert-OH is 7. The van der Waals surface area contributed by atoms with E-state index in [0.717, 1.165) is 25.7 Å². The normalized spacial score (nSPS) is 28.8. The van der Waals surface area contributed by atoms with Gasteiger partial charge in [0.1, 0.15) is 36.6 Å². The fourth-order valence-corrected chi connectivity index (χ4v) is 3.93. The predicted octanol–water partition coefficient (Wildman–Crippen LogP) is -1.13. The van der Waals surface area contributed by atoms with Crippen LogP contribution in [-0.4, -0.2) is 122 Å². The highest BCUT2D eigenvalue weighted by atomic mass is 16.7. The van der Waals surface area contributed by atoms with Crippen molar-refractivity contribution in [1.82, 2.24) is 4.90 Å². The first-order chi connectivity index (χ1) is 16.1. The van der Waals surface area contributed by atoms with Crippen molar-refractivity contribution in [2.45, 2.75) is 120 Å². The van der Waals surface area contributed by atoms with E-state index in [0.29, 0.717) is 6.54 Å². The van der Waals surface area contributed by atoms with E-state index >= 15 is 0 Å². The zero-order valence-electron chi connectivity index (χ0n) is 20.6. The molecule has 202 valence electrons. The van der Waals surface area contributed by atoms with E-state index in [1.165, 1.54) is 44.6 Å². The van der Waals surface area contributed by atoms with Crippen LogP contribution >= 0.6 is 0 Å². The van der Waals surface area contributed by atoms with Crippen molar-refractivity contribution in [3.8, 4) is 0 Å². The minimum absolute atomic E-state index is 0.373. The standard InChI is InChI=1S/C23H45NO10/c1-4-5-6-7-8-9-10-11-12-24(3)22(32)19(30)18(29)21(15(26)13-25)34-23-20(31)17(28)16(27)14(2)33-23/h14-21,23,25-31H,4-13H2,1-3H3/t14-,15-,16+,17+,18-,19-,20-,21-,23+/m1/s1. The SMILES string of the molecule is CCCCCCCCCCN(C)C(=O)[C@H](O)[C@@H](O)[C@H](O[C@@H]1O[C@H](C)[C@H](O)[C@H](O)[C@H]1O)[C@H](O)CO. The van der Waals surface area contributed by atoms with Crippen molar-refractivity contribution in [2.75, 3.05) is 20.2 Å². The molecule has 9 atom stereocenters. The Kier molecular flexibility index (Phi) is 14.6. The van der Waals surface area contributed by atoms with Crippen molar-refractivity contribution in [3.05, 3.63) is 0 Å². The average Bonchev–Trinajstić information content (AvgIpc) is 2.83. The molecule has 0 unspecified atom stereocenters. The van der Waals surface area contributed by atoms with E-state index in [-0.39, 0.29) is 0 Å². The molecule has 1 fully saturated rings. The Balaban J connectivity index is 2.63. The molecule has 0 radical (unpaired) electrons. The molecule has 1 aliphatic rings. The van der Waals surface area contributed by atoms with Crippen LogP contribution in [0.15, 0.2) is 0 Å². The Morgan fingerprint density at radius 3 is 2.06 bits per heavy atom. The molecule has 34 heavy (non-hydrogen) atoms. The molecule has 1 saturated heterocycles. The van der Waals surface area contributed by atoms with Crippen LogP contribution in [-0.2, 0) is 14.3 Å². The lowest BCUT2D eigenvalue weighted by Crippen LogP contribution is -2.61. The maximum atomic E-state index is 12.6. The van der Waals surface area contributed by atoms with Crippen LogP contribution in [0.5, 0.6) is 0 Å². The summed E-state index contributed by atoms with van der Waals surface area (Å²) in [6.45, 7) is 3.08. The molecular formula is C23H45NO10. The molecule has 0 saturated carbocycles. The summed E-state index contributed by atoms with van der Waals surface area (Å²) in [6, 6.07) is 0. The van der Waals surface area contributed by atoms with Crippen molar-refractivity contribution in [1.29, 1.82) is 0 Å². The van der Waals surface area contributed by atoms with E-state index in [4.69, 9.17) is 9.47 Å². The molecular weight excluding hydrogens is 450 g/mol. The Bertz CT molecular complexity index is 568. The van der Waals surface area contributed by atoms with Gasteiger partial charge in [0.05, 0.1) is 12.7 Å². The highest BCUT2D eigenvalue weighted by molar-refractivity contribution is 5.81. The van der Waals surface area contributed by atoms with Gasteiger partial charge in [-0.05, 0) is 13.3 Å². The number of unbranched alkanes of at least 4 members (excludes halogenated alkanes) is 7. The number of ether oxygens (including phenoxy) is 2. The fourth-order valence-electron chi connectivity index (χ4n) is 3.93. The summed E-state index contributed by atoms with van der Waals surface area (Å²) in [5.41, 5.74) is 0. The summed E-state index contributed by atoms with van der Waals surface area (Å²) < 4.78 is 10.7. The van der Waals surface area contributed by atoms with Crippen molar-refractivity contribution in [3.63, 3.8) is 0 Å². The third kappa shape index (κ3) is 9.29. The molecule has 11 nitrogen and oxygen atoms in total. The smallest absolute Gasteiger partial charge is 0.253 e. The molecule has 11 heteroatoms. The van der Waals surface area contributed by atoms with Crippen LogP contribution < -0.4 is 0 Å². The number of carbonyl (C=O) groups excluding carboxylic acids is 1. The molecule has 0 aromatic heterocycles. The summed E-state index contributed by atoms with van der Waals surface area (Å²) in [5, 5.41) is 70.3. The second-order valence-corrected chi connectivity index (χ2v) is 9.20. The summed E-state index contributed by atoms with van der Waals surface area (Å²) in [6.07, 6.45) is -5.98. The second-order valence-electron chi connectivity index (χ2n) is 9.20. The summed E-state index contributed by atoms with van der Waals surface area (Å²) in [5.74, 6) is -0.789. The Hall–Kier alpha value is -0.890. The maximum Gasteiger partial charge on any atom is 0.253 e. The predicted molar refractivity (Wildman–Crippen MR) is 123 cm³/mol. The van der Waals surface area contributed by atoms with Gasteiger partial charge in [-0.25, -0.2) is 0 Å². The Morgan fingerprint density at radius 2 is 1.50 bits per heavy atom. The minimum Gasteiger partial charge on any atom is -0.394 e. The molecule has 0 aromatic rings. The summed E-state index contributed by atoms with van der Waals surface area (Å²) >= 11 is 0.